The summed E-state index contributed by atoms with van der Waals surface area (Å²) < 4.78 is 1.54. The van der Waals surface area contributed by atoms with Crippen molar-refractivity contribution < 1.29 is 9.59 Å². The van der Waals surface area contributed by atoms with Crippen LogP contribution >= 0.6 is 23.2 Å². The van der Waals surface area contributed by atoms with Gasteiger partial charge in [-0.05, 0) is 44.4 Å². The van der Waals surface area contributed by atoms with E-state index in [0.29, 0.717) is 21.6 Å². The summed E-state index contributed by atoms with van der Waals surface area (Å²) in [7, 11) is 1.68. The van der Waals surface area contributed by atoms with Crippen molar-refractivity contribution in [1.82, 2.24) is 9.47 Å². The number of rotatable bonds is 4. The molecule has 1 aliphatic rings. The lowest BCUT2D eigenvalue weighted by molar-refractivity contribution is -0.130. The Labute approximate surface area is 169 Å². The van der Waals surface area contributed by atoms with Crippen molar-refractivity contribution in [3.05, 3.63) is 51.8 Å². The third-order valence-electron chi connectivity index (χ3n) is 4.93. The predicted molar refractivity (Wildman–Crippen MR) is 109 cm³/mol. The Morgan fingerprint density at radius 1 is 1.07 bits per heavy atom. The molecular formula is C20H23Cl2N3O2. The zero-order chi connectivity index (χ0) is 19.6. The van der Waals surface area contributed by atoms with E-state index in [1.807, 2.05) is 36.1 Å². The van der Waals surface area contributed by atoms with Crippen LogP contribution in [0.4, 0.5) is 5.69 Å². The van der Waals surface area contributed by atoms with Crippen LogP contribution in [0.1, 0.15) is 35.3 Å². The Bertz CT molecular complexity index is 840. The largest absolute Gasteiger partial charge is 0.341 e. The molecule has 0 atom stereocenters. The molecule has 0 spiro atoms. The fraction of sp³-hybridized carbons (Fsp3) is 0.400. The van der Waals surface area contributed by atoms with E-state index in [9.17, 15) is 9.59 Å². The van der Waals surface area contributed by atoms with Gasteiger partial charge < -0.3 is 9.47 Å². The number of anilines is 1. The highest BCUT2D eigenvalue weighted by Crippen LogP contribution is 2.27. The van der Waals surface area contributed by atoms with E-state index in [2.05, 4.69) is 0 Å². The minimum Gasteiger partial charge on any atom is -0.341 e. The Morgan fingerprint density at radius 3 is 2.26 bits per heavy atom. The number of hydrogen-bond acceptors (Lipinski definition) is 2. The molecule has 2 aromatic rings. The first-order valence-electron chi connectivity index (χ1n) is 9.05. The Kier molecular flexibility index (Phi) is 6.12. The molecule has 0 unspecified atom stereocenters. The maximum Gasteiger partial charge on any atom is 0.275 e. The topological polar surface area (TPSA) is 45.6 Å². The third kappa shape index (κ3) is 4.30. The quantitative estimate of drug-likeness (QED) is 0.757. The standard InChI is InChI=1S/C20H23Cl2N3O2/c1-14-6-8-15(9-7-14)25(13-18(26)24-10-4-3-5-11-24)20(27)17-12-16(21)19(22)23(17)2/h6-9,12H,3-5,10-11,13H2,1-2H3. The smallest absolute Gasteiger partial charge is 0.275 e. The third-order valence-corrected chi connectivity index (χ3v) is 5.77. The molecule has 0 bridgehead atoms. The van der Waals surface area contributed by atoms with Crippen LogP contribution in [0.25, 0.3) is 0 Å². The summed E-state index contributed by atoms with van der Waals surface area (Å²) in [6.45, 7) is 3.46. The van der Waals surface area contributed by atoms with Gasteiger partial charge >= 0.3 is 0 Å². The molecule has 2 heterocycles. The number of aromatic nitrogens is 1. The monoisotopic (exact) mass is 407 g/mol. The zero-order valence-corrected chi connectivity index (χ0v) is 17.1. The number of carbonyl (C=O) groups is 2. The molecular weight excluding hydrogens is 385 g/mol. The predicted octanol–water partition coefficient (Wildman–Crippen LogP) is 4.30. The molecule has 1 fully saturated rings. The highest BCUT2D eigenvalue weighted by atomic mass is 35.5. The second kappa shape index (κ2) is 8.36. The van der Waals surface area contributed by atoms with Crippen LogP contribution in [0.2, 0.25) is 10.2 Å². The number of benzene rings is 1. The summed E-state index contributed by atoms with van der Waals surface area (Å²) in [5.41, 5.74) is 2.10. The lowest BCUT2D eigenvalue weighted by Crippen LogP contribution is -2.45. The van der Waals surface area contributed by atoms with E-state index < -0.39 is 0 Å². The molecule has 1 aromatic heterocycles. The Morgan fingerprint density at radius 2 is 1.70 bits per heavy atom. The summed E-state index contributed by atoms with van der Waals surface area (Å²) in [6.07, 6.45) is 3.16. The first-order chi connectivity index (χ1) is 12.9. The van der Waals surface area contributed by atoms with Crippen LogP contribution in [0.5, 0.6) is 0 Å². The van der Waals surface area contributed by atoms with Crippen LogP contribution in [-0.4, -0.2) is 40.9 Å². The highest BCUT2D eigenvalue weighted by Gasteiger charge is 2.27. The summed E-state index contributed by atoms with van der Waals surface area (Å²) >= 11 is 12.2. The summed E-state index contributed by atoms with van der Waals surface area (Å²) in [4.78, 5) is 29.4. The van der Waals surface area contributed by atoms with E-state index in [1.165, 1.54) is 4.90 Å². The highest BCUT2D eigenvalue weighted by molar-refractivity contribution is 6.42. The van der Waals surface area contributed by atoms with E-state index in [4.69, 9.17) is 23.2 Å². The molecule has 0 aliphatic carbocycles. The molecule has 7 heteroatoms. The van der Waals surface area contributed by atoms with E-state index >= 15 is 0 Å². The van der Waals surface area contributed by atoms with Gasteiger partial charge in [-0.3, -0.25) is 14.5 Å². The normalized spacial score (nSPS) is 14.3. The summed E-state index contributed by atoms with van der Waals surface area (Å²) in [6, 6.07) is 9.09. The maximum absolute atomic E-state index is 13.3. The van der Waals surface area contributed by atoms with Gasteiger partial charge in [0.1, 0.15) is 17.4 Å². The number of aryl methyl sites for hydroxylation is 1. The van der Waals surface area contributed by atoms with E-state index in [0.717, 1.165) is 37.9 Å². The maximum atomic E-state index is 13.3. The van der Waals surface area contributed by atoms with Crippen molar-refractivity contribution in [2.75, 3.05) is 24.5 Å². The van der Waals surface area contributed by atoms with Crippen molar-refractivity contribution in [3.8, 4) is 0 Å². The van der Waals surface area contributed by atoms with Crippen LogP contribution in [0.15, 0.2) is 30.3 Å². The van der Waals surface area contributed by atoms with Crippen LogP contribution in [0, 0.1) is 6.92 Å². The number of nitrogens with zero attached hydrogens (tertiary/aromatic N) is 3. The van der Waals surface area contributed by atoms with Gasteiger partial charge in [0.15, 0.2) is 0 Å². The van der Waals surface area contributed by atoms with Gasteiger partial charge in [0, 0.05) is 25.8 Å². The number of halogens is 2. The molecule has 0 N–H and O–H groups in total. The first kappa shape index (κ1) is 19.8. The molecule has 0 radical (unpaired) electrons. The SMILES string of the molecule is Cc1ccc(N(CC(=O)N2CCCCC2)C(=O)c2cc(Cl)c(Cl)n2C)cc1. The van der Waals surface area contributed by atoms with Crippen LogP contribution in [0.3, 0.4) is 0 Å². The lowest BCUT2D eigenvalue weighted by atomic mass is 10.1. The van der Waals surface area contributed by atoms with E-state index in [1.54, 1.807) is 17.7 Å². The summed E-state index contributed by atoms with van der Waals surface area (Å²) in [5.74, 6) is -0.351. The molecule has 144 valence electrons. The zero-order valence-electron chi connectivity index (χ0n) is 15.5. The Hall–Kier alpha value is -1.98. The number of carbonyl (C=O) groups excluding carboxylic acids is 2. The van der Waals surface area contributed by atoms with Gasteiger partial charge in [0.2, 0.25) is 5.91 Å². The van der Waals surface area contributed by atoms with Gasteiger partial charge in [0.25, 0.3) is 5.91 Å². The fourth-order valence-corrected chi connectivity index (χ4v) is 3.65. The lowest BCUT2D eigenvalue weighted by Gasteiger charge is -2.30. The van der Waals surface area contributed by atoms with Gasteiger partial charge in [-0.2, -0.15) is 0 Å². The minimum absolute atomic E-state index is 0.0116. The fourth-order valence-electron chi connectivity index (χ4n) is 3.27. The van der Waals surface area contributed by atoms with Crippen molar-refractivity contribution >= 4 is 40.7 Å². The first-order valence-corrected chi connectivity index (χ1v) is 9.81. The number of piperidine rings is 1. The molecule has 1 aliphatic heterocycles. The van der Waals surface area contributed by atoms with Gasteiger partial charge in [-0.1, -0.05) is 40.9 Å². The van der Waals surface area contributed by atoms with E-state index in [-0.39, 0.29) is 18.4 Å². The van der Waals surface area contributed by atoms with Crippen molar-refractivity contribution in [1.29, 1.82) is 0 Å². The second-order valence-corrected chi connectivity index (χ2v) is 7.66. The molecule has 3 rings (SSSR count). The molecule has 27 heavy (non-hydrogen) atoms. The molecule has 1 aromatic carbocycles. The molecule has 0 saturated carbocycles. The van der Waals surface area contributed by atoms with Crippen molar-refractivity contribution in [2.45, 2.75) is 26.2 Å². The van der Waals surface area contributed by atoms with Gasteiger partial charge in [-0.15, -0.1) is 0 Å². The molecule has 5 nitrogen and oxygen atoms in total. The van der Waals surface area contributed by atoms with Gasteiger partial charge in [0.05, 0.1) is 5.02 Å². The average molecular weight is 408 g/mol. The van der Waals surface area contributed by atoms with Crippen LogP contribution in [-0.2, 0) is 11.8 Å². The summed E-state index contributed by atoms with van der Waals surface area (Å²) in [5, 5.41) is 0.611. The molecule has 1 saturated heterocycles. The number of amides is 2. The second-order valence-electron chi connectivity index (χ2n) is 6.90. The van der Waals surface area contributed by atoms with Gasteiger partial charge in [-0.25, -0.2) is 0 Å². The number of likely N-dealkylation sites (tertiary alicyclic amines) is 1. The Balaban J connectivity index is 1.91. The number of hydrogen-bond donors (Lipinski definition) is 0. The van der Waals surface area contributed by atoms with Crippen molar-refractivity contribution in [3.63, 3.8) is 0 Å². The molecule has 2 amide bonds. The van der Waals surface area contributed by atoms with Crippen molar-refractivity contribution in [2.24, 2.45) is 7.05 Å². The van der Waals surface area contributed by atoms with Crippen LogP contribution < -0.4 is 4.90 Å². The average Bonchev–Trinajstić information content (AvgIpc) is 2.94. The minimum atomic E-state index is -0.305.